The standard InChI is InChI=1S/C27H30N2O5/c1-4-29(5-2)15-16-34-21-12-14-25(30)23(18-21)26(31)28-24-17-20(19-9-7-6-8-10-19)11-13-22(24)27(32)33-3/h6-14,17-18,30H,4-5,15-16H2,1-3H3,(H,28,31). The van der Waals surface area contributed by atoms with Crippen LogP contribution < -0.4 is 10.1 Å². The van der Waals surface area contributed by atoms with Gasteiger partial charge in [-0.15, -0.1) is 0 Å². The van der Waals surface area contributed by atoms with Crippen LogP contribution in [0.3, 0.4) is 0 Å². The predicted octanol–water partition coefficient (Wildman–Crippen LogP) is 4.82. The van der Waals surface area contributed by atoms with Crippen molar-refractivity contribution in [3.8, 4) is 22.6 Å². The number of nitrogens with one attached hydrogen (secondary N) is 1. The van der Waals surface area contributed by atoms with Crippen molar-refractivity contribution in [1.29, 1.82) is 0 Å². The van der Waals surface area contributed by atoms with Crippen molar-refractivity contribution in [3.63, 3.8) is 0 Å². The minimum atomic E-state index is -0.576. The number of rotatable bonds is 10. The zero-order valence-electron chi connectivity index (χ0n) is 19.7. The molecule has 0 heterocycles. The zero-order valence-corrected chi connectivity index (χ0v) is 19.7. The van der Waals surface area contributed by atoms with E-state index in [1.807, 2.05) is 30.3 Å². The lowest BCUT2D eigenvalue weighted by Gasteiger charge is -2.18. The number of methoxy groups -OCH3 is 1. The maximum Gasteiger partial charge on any atom is 0.339 e. The monoisotopic (exact) mass is 462 g/mol. The molecule has 3 aromatic carbocycles. The number of esters is 1. The van der Waals surface area contributed by atoms with E-state index in [0.29, 0.717) is 12.4 Å². The van der Waals surface area contributed by atoms with Crippen LogP contribution >= 0.6 is 0 Å². The molecule has 0 radical (unpaired) electrons. The Labute approximate surface area is 199 Å². The van der Waals surface area contributed by atoms with E-state index in [4.69, 9.17) is 9.47 Å². The molecule has 0 aliphatic rings. The number of phenols is 1. The Hall–Kier alpha value is -3.84. The van der Waals surface area contributed by atoms with Crippen LogP contribution in [0, 0.1) is 0 Å². The van der Waals surface area contributed by atoms with Crippen LogP contribution in [0.5, 0.6) is 11.5 Å². The molecule has 0 aliphatic heterocycles. The van der Waals surface area contributed by atoms with Crippen LogP contribution in [0.1, 0.15) is 34.6 Å². The molecule has 3 rings (SSSR count). The highest BCUT2D eigenvalue weighted by Gasteiger charge is 2.19. The summed E-state index contributed by atoms with van der Waals surface area (Å²) in [6.07, 6.45) is 0. The lowest BCUT2D eigenvalue weighted by Crippen LogP contribution is -2.27. The van der Waals surface area contributed by atoms with Crippen LogP contribution in [0.15, 0.2) is 66.7 Å². The Morgan fingerprint density at radius 1 is 0.912 bits per heavy atom. The third-order valence-corrected chi connectivity index (χ3v) is 5.56. The molecule has 1 amide bonds. The summed E-state index contributed by atoms with van der Waals surface area (Å²) in [5.41, 5.74) is 2.29. The van der Waals surface area contributed by atoms with Gasteiger partial charge in [0.05, 0.1) is 23.9 Å². The van der Waals surface area contributed by atoms with E-state index < -0.39 is 11.9 Å². The first kappa shape index (κ1) is 24.8. The van der Waals surface area contributed by atoms with Crippen molar-refractivity contribution in [3.05, 3.63) is 77.9 Å². The fourth-order valence-electron chi connectivity index (χ4n) is 3.55. The molecule has 7 nitrogen and oxygen atoms in total. The van der Waals surface area contributed by atoms with Gasteiger partial charge in [-0.05, 0) is 54.5 Å². The second-order valence-corrected chi connectivity index (χ2v) is 7.63. The normalized spacial score (nSPS) is 10.7. The van der Waals surface area contributed by atoms with Crippen LogP contribution in [-0.4, -0.2) is 55.2 Å². The molecule has 7 heteroatoms. The van der Waals surface area contributed by atoms with Gasteiger partial charge in [-0.1, -0.05) is 50.2 Å². The maximum atomic E-state index is 13.1. The summed E-state index contributed by atoms with van der Waals surface area (Å²) in [6.45, 7) is 7.23. The fourth-order valence-corrected chi connectivity index (χ4v) is 3.55. The van der Waals surface area contributed by atoms with Gasteiger partial charge in [0.25, 0.3) is 5.91 Å². The number of nitrogens with zero attached hydrogens (tertiary/aromatic N) is 1. The number of phenolic OH excluding ortho intramolecular Hbond substituents is 1. The van der Waals surface area contributed by atoms with Crippen LogP contribution in [0.4, 0.5) is 5.69 Å². The molecule has 178 valence electrons. The number of ether oxygens (including phenoxy) is 2. The highest BCUT2D eigenvalue weighted by Crippen LogP contribution is 2.29. The van der Waals surface area contributed by atoms with Crippen molar-refractivity contribution in [2.45, 2.75) is 13.8 Å². The molecule has 2 N–H and O–H groups in total. The molecule has 0 bridgehead atoms. The highest BCUT2D eigenvalue weighted by molar-refractivity contribution is 6.10. The van der Waals surface area contributed by atoms with Crippen molar-refractivity contribution in [2.24, 2.45) is 0 Å². The summed E-state index contributed by atoms with van der Waals surface area (Å²) in [5.74, 6) is -0.858. The Kier molecular flexibility index (Phi) is 8.65. The minimum Gasteiger partial charge on any atom is -0.507 e. The Balaban J connectivity index is 1.84. The lowest BCUT2D eigenvalue weighted by atomic mass is 10.0. The van der Waals surface area contributed by atoms with Crippen LogP contribution in [-0.2, 0) is 4.74 Å². The van der Waals surface area contributed by atoms with Gasteiger partial charge in [0.2, 0.25) is 0 Å². The van der Waals surface area contributed by atoms with Crippen molar-refractivity contribution < 1.29 is 24.2 Å². The summed E-state index contributed by atoms with van der Waals surface area (Å²) in [6, 6.07) is 19.2. The van der Waals surface area contributed by atoms with Crippen molar-refractivity contribution >= 4 is 17.6 Å². The van der Waals surface area contributed by atoms with Gasteiger partial charge >= 0.3 is 5.97 Å². The summed E-state index contributed by atoms with van der Waals surface area (Å²) in [5, 5.41) is 13.1. The van der Waals surface area contributed by atoms with Crippen molar-refractivity contribution in [1.82, 2.24) is 4.90 Å². The van der Waals surface area contributed by atoms with Gasteiger partial charge in [-0.3, -0.25) is 4.79 Å². The number of anilines is 1. The molecule has 0 saturated heterocycles. The van der Waals surface area contributed by atoms with Crippen LogP contribution in [0.2, 0.25) is 0 Å². The molecule has 0 atom stereocenters. The maximum absolute atomic E-state index is 13.1. The number of carbonyl (C=O) groups excluding carboxylic acids is 2. The topological polar surface area (TPSA) is 88.1 Å². The van der Waals surface area contributed by atoms with Crippen LogP contribution in [0.25, 0.3) is 11.1 Å². The number of hydrogen-bond donors (Lipinski definition) is 2. The second-order valence-electron chi connectivity index (χ2n) is 7.63. The van der Waals surface area contributed by atoms with E-state index in [1.54, 1.807) is 24.3 Å². The first-order valence-electron chi connectivity index (χ1n) is 11.2. The van der Waals surface area contributed by atoms with Gasteiger partial charge in [0.15, 0.2) is 0 Å². The number of carbonyl (C=O) groups is 2. The van der Waals surface area contributed by atoms with E-state index in [9.17, 15) is 14.7 Å². The summed E-state index contributed by atoms with van der Waals surface area (Å²) in [4.78, 5) is 27.6. The Bertz CT molecular complexity index is 1130. The first-order chi connectivity index (χ1) is 16.5. The lowest BCUT2D eigenvalue weighted by molar-refractivity contribution is 0.0602. The Morgan fingerprint density at radius 2 is 1.65 bits per heavy atom. The largest absolute Gasteiger partial charge is 0.507 e. The van der Waals surface area contributed by atoms with Gasteiger partial charge in [0, 0.05) is 6.54 Å². The molecular formula is C27H30N2O5. The molecule has 34 heavy (non-hydrogen) atoms. The minimum absolute atomic E-state index is 0.0428. The number of aromatic hydroxyl groups is 1. The average molecular weight is 463 g/mol. The molecule has 0 unspecified atom stereocenters. The Morgan fingerprint density at radius 3 is 2.32 bits per heavy atom. The summed E-state index contributed by atoms with van der Waals surface area (Å²) < 4.78 is 10.7. The van der Waals surface area contributed by atoms with Gasteiger partial charge in [-0.25, -0.2) is 4.79 Å². The van der Waals surface area contributed by atoms with Gasteiger partial charge < -0.3 is 24.8 Å². The molecule has 0 spiro atoms. The third-order valence-electron chi connectivity index (χ3n) is 5.56. The third kappa shape index (κ3) is 6.14. The molecule has 0 aromatic heterocycles. The van der Waals surface area contributed by atoms with E-state index >= 15 is 0 Å². The molecular weight excluding hydrogens is 432 g/mol. The number of amides is 1. The van der Waals surface area contributed by atoms with Gasteiger partial charge in [-0.2, -0.15) is 0 Å². The number of benzene rings is 3. The summed E-state index contributed by atoms with van der Waals surface area (Å²) in [7, 11) is 1.28. The van der Waals surface area contributed by atoms with E-state index in [-0.39, 0.29) is 22.6 Å². The molecule has 0 fully saturated rings. The molecule has 0 saturated carbocycles. The quantitative estimate of drug-likeness (QED) is 0.420. The highest BCUT2D eigenvalue weighted by atomic mass is 16.5. The van der Waals surface area contributed by atoms with E-state index in [1.165, 1.54) is 19.2 Å². The zero-order chi connectivity index (χ0) is 24.5. The summed E-state index contributed by atoms with van der Waals surface area (Å²) >= 11 is 0. The molecule has 0 aliphatic carbocycles. The van der Waals surface area contributed by atoms with Gasteiger partial charge in [0.1, 0.15) is 18.1 Å². The molecule has 3 aromatic rings. The average Bonchev–Trinajstić information content (AvgIpc) is 2.87. The predicted molar refractivity (Wildman–Crippen MR) is 133 cm³/mol. The fraction of sp³-hybridized carbons (Fsp3) is 0.259. The first-order valence-corrected chi connectivity index (χ1v) is 11.2. The number of hydrogen-bond acceptors (Lipinski definition) is 6. The van der Waals surface area contributed by atoms with Crippen molar-refractivity contribution in [2.75, 3.05) is 38.7 Å². The smallest absolute Gasteiger partial charge is 0.339 e. The number of likely N-dealkylation sites (N-methyl/N-ethyl adjacent to an activating group) is 1. The SMILES string of the molecule is CCN(CC)CCOc1ccc(O)c(C(=O)Nc2cc(-c3ccccc3)ccc2C(=O)OC)c1. The van der Waals surface area contributed by atoms with E-state index in [0.717, 1.165) is 30.8 Å². The van der Waals surface area contributed by atoms with E-state index in [2.05, 4.69) is 24.1 Å². The second kappa shape index (κ2) is 11.9.